The van der Waals surface area contributed by atoms with Gasteiger partial charge in [0.15, 0.2) is 0 Å². The quantitative estimate of drug-likeness (QED) is 0.318. The zero-order valence-corrected chi connectivity index (χ0v) is 13.2. The van der Waals surface area contributed by atoms with Crippen LogP contribution in [-0.4, -0.2) is 11.1 Å². The van der Waals surface area contributed by atoms with Crippen LogP contribution in [0.4, 0.5) is 0 Å². The Labute approximate surface area is 125 Å². The Morgan fingerprint density at radius 2 is 1.35 bits per heavy atom. The molecule has 0 aliphatic carbocycles. The highest BCUT2D eigenvalue weighted by molar-refractivity contribution is 5.66. The lowest BCUT2D eigenvalue weighted by molar-refractivity contribution is -0.137. The molecule has 2 heteroatoms. The molecule has 0 aromatic carbocycles. The third-order valence-corrected chi connectivity index (χ3v) is 3.34. The van der Waals surface area contributed by atoms with Crippen molar-refractivity contribution in [1.29, 1.82) is 0 Å². The van der Waals surface area contributed by atoms with Crippen molar-refractivity contribution in [3.05, 3.63) is 24.3 Å². The lowest BCUT2D eigenvalue weighted by Gasteiger charge is -1.96. The molecule has 0 bridgehead atoms. The van der Waals surface area contributed by atoms with E-state index in [-0.39, 0.29) is 0 Å². The van der Waals surface area contributed by atoms with Crippen molar-refractivity contribution in [2.24, 2.45) is 0 Å². The van der Waals surface area contributed by atoms with Crippen LogP contribution in [0, 0.1) is 0 Å². The van der Waals surface area contributed by atoms with E-state index < -0.39 is 5.97 Å². The average Bonchev–Trinajstić information content (AvgIpc) is 2.43. The molecular formula is C18H32O2. The van der Waals surface area contributed by atoms with Gasteiger partial charge in [-0.3, -0.25) is 4.79 Å². The second kappa shape index (κ2) is 16.0. The third kappa shape index (κ3) is 16.9. The Bertz CT molecular complexity index is 267. The third-order valence-electron chi connectivity index (χ3n) is 3.34. The molecule has 0 amide bonds. The molecule has 116 valence electrons. The van der Waals surface area contributed by atoms with Crippen LogP contribution in [0.25, 0.3) is 0 Å². The van der Waals surface area contributed by atoms with Gasteiger partial charge in [-0.25, -0.2) is 0 Å². The predicted octanol–water partition coefficient (Wildman–Crippen LogP) is 5.88. The molecule has 2 nitrogen and oxygen atoms in total. The summed E-state index contributed by atoms with van der Waals surface area (Å²) < 4.78 is 0. The normalized spacial score (nSPS) is 11.7. The summed E-state index contributed by atoms with van der Waals surface area (Å²) in [6, 6.07) is 0. The molecule has 1 N–H and O–H groups in total. The number of hydrogen-bond acceptors (Lipinski definition) is 1. The van der Waals surface area contributed by atoms with Gasteiger partial charge in [0.25, 0.3) is 0 Å². The first kappa shape index (κ1) is 18.9. The SMILES string of the molecule is CCCCCCC=CCC=CCCCCCCC(=O)O. The fraction of sp³-hybridized carbons (Fsp3) is 0.722. The summed E-state index contributed by atoms with van der Waals surface area (Å²) in [7, 11) is 0. The Morgan fingerprint density at radius 3 is 1.90 bits per heavy atom. The number of aliphatic carboxylic acids is 1. The summed E-state index contributed by atoms with van der Waals surface area (Å²) >= 11 is 0. The minimum absolute atomic E-state index is 0.318. The summed E-state index contributed by atoms with van der Waals surface area (Å²) in [6.45, 7) is 2.24. The fourth-order valence-electron chi connectivity index (χ4n) is 2.09. The number of carboxylic acid groups (broad SMARTS) is 1. The highest BCUT2D eigenvalue weighted by atomic mass is 16.4. The molecule has 0 saturated carbocycles. The lowest BCUT2D eigenvalue weighted by Crippen LogP contribution is -1.93. The molecule has 0 unspecified atom stereocenters. The molecule has 0 saturated heterocycles. The van der Waals surface area contributed by atoms with Gasteiger partial charge in [0.1, 0.15) is 0 Å². The van der Waals surface area contributed by atoms with Crippen molar-refractivity contribution in [1.82, 2.24) is 0 Å². The largest absolute Gasteiger partial charge is 0.481 e. The fourth-order valence-corrected chi connectivity index (χ4v) is 2.09. The molecule has 0 aromatic rings. The second-order valence-corrected chi connectivity index (χ2v) is 5.37. The minimum Gasteiger partial charge on any atom is -0.481 e. The predicted molar refractivity (Wildman–Crippen MR) is 87.0 cm³/mol. The molecule has 0 heterocycles. The molecule has 0 radical (unpaired) electrons. The van der Waals surface area contributed by atoms with Crippen LogP contribution in [0.2, 0.25) is 0 Å². The van der Waals surface area contributed by atoms with Crippen LogP contribution >= 0.6 is 0 Å². The van der Waals surface area contributed by atoms with E-state index in [1.165, 1.54) is 38.5 Å². The van der Waals surface area contributed by atoms with Crippen molar-refractivity contribution in [3.8, 4) is 0 Å². The maximum Gasteiger partial charge on any atom is 0.303 e. The number of carboxylic acids is 1. The zero-order chi connectivity index (χ0) is 14.9. The Balaban J connectivity index is 3.19. The second-order valence-electron chi connectivity index (χ2n) is 5.37. The van der Waals surface area contributed by atoms with Gasteiger partial charge in [-0.1, -0.05) is 63.3 Å². The van der Waals surface area contributed by atoms with Gasteiger partial charge in [0.05, 0.1) is 0 Å². The van der Waals surface area contributed by atoms with E-state index in [2.05, 4.69) is 31.2 Å². The molecule has 0 aromatic heterocycles. The van der Waals surface area contributed by atoms with E-state index in [4.69, 9.17) is 5.11 Å². The van der Waals surface area contributed by atoms with E-state index in [1.54, 1.807) is 0 Å². The Hall–Kier alpha value is -1.05. The van der Waals surface area contributed by atoms with E-state index in [0.29, 0.717) is 6.42 Å². The Kier molecular flexibility index (Phi) is 15.2. The van der Waals surface area contributed by atoms with Crippen LogP contribution in [0.3, 0.4) is 0 Å². The molecule has 0 atom stereocenters. The standard InChI is InChI=1S/C18H32O2/c1-2-3-4-5-6-7-8-9-10-11-12-13-14-15-16-17-18(19)20/h7-8,10-11H,2-6,9,12-17H2,1H3,(H,19,20). The number of rotatable bonds is 14. The van der Waals surface area contributed by atoms with Gasteiger partial charge in [-0.15, -0.1) is 0 Å². The summed E-state index contributed by atoms with van der Waals surface area (Å²) in [5, 5.41) is 8.50. The lowest BCUT2D eigenvalue weighted by atomic mass is 10.1. The topological polar surface area (TPSA) is 37.3 Å². The first-order chi connectivity index (χ1) is 9.77. The van der Waals surface area contributed by atoms with Gasteiger partial charge in [-0.05, 0) is 38.5 Å². The summed E-state index contributed by atoms with van der Waals surface area (Å²) in [5.41, 5.74) is 0. The van der Waals surface area contributed by atoms with Crippen LogP contribution < -0.4 is 0 Å². The van der Waals surface area contributed by atoms with Crippen LogP contribution in [0.15, 0.2) is 24.3 Å². The van der Waals surface area contributed by atoms with Gasteiger partial charge < -0.3 is 5.11 Å². The monoisotopic (exact) mass is 280 g/mol. The van der Waals surface area contributed by atoms with Crippen molar-refractivity contribution in [3.63, 3.8) is 0 Å². The van der Waals surface area contributed by atoms with E-state index in [1.807, 2.05) is 0 Å². The smallest absolute Gasteiger partial charge is 0.303 e. The highest BCUT2D eigenvalue weighted by Crippen LogP contribution is 2.06. The van der Waals surface area contributed by atoms with Gasteiger partial charge in [-0.2, -0.15) is 0 Å². The van der Waals surface area contributed by atoms with Crippen LogP contribution in [0.5, 0.6) is 0 Å². The zero-order valence-electron chi connectivity index (χ0n) is 13.2. The van der Waals surface area contributed by atoms with Crippen molar-refractivity contribution in [2.45, 2.75) is 84.0 Å². The molecular weight excluding hydrogens is 248 g/mol. The highest BCUT2D eigenvalue weighted by Gasteiger charge is 1.95. The number of carbonyl (C=O) groups is 1. The molecule has 20 heavy (non-hydrogen) atoms. The van der Waals surface area contributed by atoms with E-state index in [0.717, 1.165) is 32.1 Å². The summed E-state index contributed by atoms with van der Waals surface area (Å²) in [4.78, 5) is 10.3. The number of allylic oxidation sites excluding steroid dienone is 4. The molecule has 0 spiro atoms. The first-order valence-electron chi connectivity index (χ1n) is 8.29. The molecule has 0 aliphatic heterocycles. The average molecular weight is 280 g/mol. The first-order valence-corrected chi connectivity index (χ1v) is 8.29. The van der Waals surface area contributed by atoms with Gasteiger partial charge >= 0.3 is 5.97 Å². The van der Waals surface area contributed by atoms with Gasteiger partial charge in [0.2, 0.25) is 0 Å². The number of hydrogen-bond donors (Lipinski definition) is 1. The minimum atomic E-state index is -0.675. The molecule has 0 rings (SSSR count). The summed E-state index contributed by atoms with van der Waals surface area (Å²) in [5.74, 6) is -0.675. The Morgan fingerprint density at radius 1 is 0.800 bits per heavy atom. The summed E-state index contributed by atoms with van der Waals surface area (Å²) in [6.07, 6.45) is 22.3. The van der Waals surface area contributed by atoms with Crippen molar-refractivity contribution < 1.29 is 9.90 Å². The molecule has 0 fully saturated rings. The maximum atomic E-state index is 10.3. The van der Waals surface area contributed by atoms with E-state index in [9.17, 15) is 4.79 Å². The van der Waals surface area contributed by atoms with Crippen LogP contribution in [0.1, 0.15) is 84.0 Å². The van der Waals surface area contributed by atoms with Crippen molar-refractivity contribution in [2.75, 3.05) is 0 Å². The maximum absolute atomic E-state index is 10.3. The van der Waals surface area contributed by atoms with Crippen molar-refractivity contribution >= 4 is 5.97 Å². The number of unbranched alkanes of at least 4 members (excludes halogenated alkanes) is 8. The van der Waals surface area contributed by atoms with E-state index >= 15 is 0 Å². The van der Waals surface area contributed by atoms with Crippen LogP contribution in [-0.2, 0) is 4.79 Å². The molecule has 0 aliphatic rings. The van der Waals surface area contributed by atoms with Gasteiger partial charge in [0, 0.05) is 6.42 Å².